The van der Waals surface area contributed by atoms with Crippen LogP contribution in [0.25, 0.3) is 0 Å². The molecule has 0 aromatic heterocycles. The summed E-state index contributed by atoms with van der Waals surface area (Å²) in [7, 11) is 0. The van der Waals surface area contributed by atoms with Crippen LogP contribution in [-0.2, 0) is 6.18 Å². The molecule has 0 atom stereocenters. The van der Waals surface area contributed by atoms with Gasteiger partial charge in [0, 0.05) is 5.69 Å². The smallest absolute Gasteiger partial charge is 0.332 e. The first-order chi connectivity index (χ1) is 10.7. The molecule has 0 unspecified atom stereocenters. The first-order valence-corrected chi connectivity index (χ1v) is 7.16. The third kappa shape index (κ3) is 4.56. The predicted octanol–water partition coefficient (Wildman–Crippen LogP) is 5.62. The summed E-state index contributed by atoms with van der Waals surface area (Å²) in [5.41, 5.74) is 0.0519. The zero-order valence-electron chi connectivity index (χ0n) is 11.8. The monoisotopic (exact) mass is 362 g/mol. The van der Waals surface area contributed by atoms with Crippen LogP contribution in [0.15, 0.2) is 36.4 Å². The third-order valence-corrected chi connectivity index (χ3v) is 3.43. The topological polar surface area (TPSA) is 24.1 Å². The summed E-state index contributed by atoms with van der Waals surface area (Å²) in [6, 6.07) is 7.69. The largest absolute Gasteiger partial charge is 0.417 e. The van der Waals surface area contributed by atoms with Crippen LogP contribution in [-0.4, -0.2) is 5.11 Å². The Morgan fingerprint density at radius 2 is 1.78 bits per heavy atom. The lowest BCUT2D eigenvalue weighted by molar-refractivity contribution is -0.137. The number of alkyl halides is 3. The van der Waals surface area contributed by atoms with E-state index < -0.39 is 22.6 Å². The molecule has 0 saturated heterocycles. The number of benzene rings is 2. The minimum atomic E-state index is -4.58. The SMILES string of the molecule is Cc1ccc(F)c(NC(=S)Nc2ccc(Cl)c(C(F)(F)F)c2)c1. The second-order valence-electron chi connectivity index (χ2n) is 4.75. The average Bonchev–Trinajstić information content (AvgIpc) is 2.44. The number of rotatable bonds is 2. The summed E-state index contributed by atoms with van der Waals surface area (Å²) in [6.45, 7) is 1.77. The molecule has 0 spiro atoms. The Bertz CT molecular complexity index is 747. The number of nitrogens with one attached hydrogen (secondary N) is 2. The van der Waals surface area contributed by atoms with Crippen molar-refractivity contribution < 1.29 is 17.6 Å². The van der Waals surface area contributed by atoms with Crippen LogP contribution in [0.1, 0.15) is 11.1 Å². The average molecular weight is 363 g/mol. The van der Waals surface area contributed by atoms with Gasteiger partial charge in [-0.15, -0.1) is 0 Å². The van der Waals surface area contributed by atoms with E-state index in [9.17, 15) is 17.6 Å². The molecule has 2 aromatic carbocycles. The quantitative estimate of drug-likeness (QED) is 0.536. The van der Waals surface area contributed by atoms with Crippen molar-refractivity contribution in [1.82, 2.24) is 0 Å². The van der Waals surface area contributed by atoms with Crippen molar-refractivity contribution in [3.05, 3.63) is 58.4 Å². The molecule has 0 aliphatic heterocycles. The van der Waals surface area contributed by atoms with E-state index in [1.165, 1.54) is 18.2 Å². The Morgan fingerprint density at radius 1 is 1.09 bits per heavy atom. The second-order valence-corrected chi connectivity index (χ2v) is 5.57. The van der Waals surface area contributed by atoms with E-state index >= 15 is 0 Å². The van der Waals surface area contributed by atoms with Gasteiger partial charge in [-0.2, -0.15) is 13.2 Å². The molecule has 122 valence electrons. The summed E-state index contributed by atoms with van der Waals surface area (Å²) >= 11 is 10.5. The van der Waals surface area contributed by atoms with Gasteiger partial charge in [-0.1, -0.05) is 17.7 Å². The Balaban J connectivity index is 2.16. The van der Waals surface area contributed by atoms with Crippen molar-refractivity contribution in [3.8, 4) is 0 Å². The molecule has 23 heavy (non-hydrogen) atoms. The first-order valence-electron chi connectivity index (χ1n) is 6.38. The Hall–Kier alpha value is -1.86. The molecule has 0 radical (unpaired) electrons. The van der Waals surface area contributed by atoms with Gasteiger partial charge in [-0.25, -0.2) is 4.39 Å². The molecule has 2 aromatic rings. The Kier molecular flexibility index (Phi) is 5.11. The standard InChI is InChI=1S/C15H11ClF4N2S/c1-8-2-5-12(17)13(6-8)22-14(23)21-9-3-4-11(16)10(7-9)15(18,19)20/h2-7H,1H3,(H2,21,22,23). The lowest BCUT2D eigenvalue weighted by atomic mass is 10.2. The van der Waals surface area contributed by atoms with Gasteiger partial charge in [0.25, 0.3) is 0 Å². The van der Waals surface area contributed by atoms with Gasteiger partial charge in [0.1, 0.15) is 5.82 Å². The lowest BCUT2D eigenvalue weighted by Gasteiger charge is -2.14. The first kappa shape index (κ1) is 17.5. The van der Waals surface area contributed by atoms with Gasteiger partial charge in [-0.05, 0) is 55.0 Å². The van der Waals surface area contributed by atoms with E-state index in [1.54, 1.807) is 13.0 Å². The van der Waals surface area contributed by atoms with Gasteiger partial charge in [-0.3, -0.25) is 0 Å². The number of halogens is 5. The van der Waals surface area contributed by atoms with Crippen LogP contribution in [0, 0.1) is 12.7 Å². The summed E-state index contributed by atoms with van der Waals surface area (Å²) < 4.78 is 52.0. The van der Waals surface area contributed by atoms with Crippen molar-refractivity contribution in [2.24, 2.45) is 0 Å². The molecule has 0 aliphatic carbocycles. The molecule has 8 heteroatoms. The maximum atomic E-state index is 13.6. The van der Waals surface area contributed by atoms with Gasteiger partial charge in [0.15, 0.2) is 5.11 Å². The molecule has 0 amide bonds. The van der Waals surface area contributed by atoms with Crippen molar-refractivity contribution >= 4 is 40.3 Å². The van der Waals surface area contributed by atoms with E-state index in [-0.39, 0.29) is 16.5 Å². The number of thiocarbonyl (C=S) groups is 1. The molecular formula is C15H11ClF4N2S. The Labute approximate surface area is 140 Å². The normalized spacial score (nSPS) is 11.2. The summed E-state index contributed by atoms with van der Waals surface area (Å²) in [5.74, 6) is -0.521. The van der Waals surface area contributed by atoms with E-state index in [1.807, 2.05) is 0 Å². The van der Waals surface area contributed by atoms with Crippen LogP contribution < -0.4 is 10.6 Å². The minimum Gasteiger partial charge on any atom is -0.332 e. The fourth-order valence-electron chi connectivity index (χ4n) is 1.84. The third-order valence-electron chi connectivity index (χ3n) is 2.90. The number of aryl methyl sites for hydroxylation is 1. The fraction of sp³-hybridized carbons (Fsp3) is 0.133. The molecule has 2 N–H and O–H groups in total. The van der Waals surface area contributed by atoms with Crippen LogP contribution in [0.2, 0.25) is 5.02 Å². The number of anilines is 2. The fourth-order valence-corrected chi connectivity index (χ4v) is 2.29. The highest BCUT2D eigenvalue weighted by Crippen LogP contribution is 2.36. The maximum absolute atomic E-state index is 13.6. The van der Waals surface area contributed by atoms with Gasteiger partial charge in [0.2, 0.25) is 0 Å². The lowest BCUT2D eigenvalue weighted by Crippen LogP contribution is -2.20. The highest BCUT2D eigenvalue weighted by Gasteiger charge is 2.33. The molecule has 0 bridgehead atoms. The van der Waals surface area contributed by atoms with Gasteiger partial charge in [0.05, 0.1) is 16.3 Å². The number of hydrogen-bond acceptors (Lipinski definition) is 1. The van der Waals surface area contributed by atoms with Crippen molar-refractivity contribution in [3.63, 3.8) is 0 Å². The molecular weight excluding hydrogens is 352 g/mol. The van der Waals surface area contributed by atoms with Gasteiger partial charge < -0.3 is 10.6 Å². The maximum Gasteiger partial charge on any atom is 0.417 e. The number of hydrogen-bond donors (Lipinski definition) is 2. The zero-order valence-corrected chi connectivity index (χ0v) is 13.3. The highest BCUT2D eigenvalue weighted by atomic mass is 35.5. The van der Waals surface area contributed by atoms with Crippen LogP contribution in [0.3, 0.4) is 0 Å². The van der Waals surface area contributed by atoms with Crippen LogP contribution in [0.5, 0.6) is 0 Å². The van der Waals surface area contributed by atoms with E-state index in [4.69, 9.17) is 23.8 Å². The summed E-state index contributed by atoms with van der Waals surface area (Å²) in [6.07, 6.45) is -4.58. The Morgan fingerprint density at radius 3 is 2.43 bits per heavy atom. The molecule has 2 nitrogen and oxygen atoms in total. The second kappa shape index (κ2) is 6.72. The van der Waals surface area contributed by atoms with Crippen LogP contribution in [0.4, 0.5) is 28.9 Å². The van der Waals surface area contributed by atoms with Crippen LogP contribution >= 0.6 is 23.8 Å². The molecule has 2 rings (SSSR count). The zero-order chi connectivity index (χ0) is 17.2. The summed E-state index contributed by atoms with van der Waals surface area (Å²) in [4.78, 5) is 0. The van der Waals surface area contributed by atoms with Gasteiger partial charge >= 0.3 is 6.18 Å². The van der Waals surface area contributed by atoms with Crippen molar-refractivity contribution in [2.45, 2.75) is 13.1 Å². The predicted molar refractivity (Wildman–Crippen MR) is 87.4 cm³/mol. The van der Waals surface area contributed by atoms with E-state index in [0.29, 0.717) is 0 Å². The molecule has 0 aliphatic rings. The molecule has 0 fully saturated rings. The highest BCUT2D eigenvalue weighted by molar-refractivity contribution is 7.80. The molecule has 0 saturated carbocycles. The van der Waals surface area contributed by atoms with E-state index in [0.717, 1.165) is 17.7 Å². The molecule has 0 heterocycles. The van der Waals surface area contributed by atoms with E-state index in [2.05, 4.69) is 10.6 Å². The van der Waals surface area contributed by atoms with Crippen molar-refractivity contribution in [1.29, 1.82) is 0 Å². The minimum absolute atomic E-state index is 0.0371. The van der Waals surface area contributed by atoms with Crippen molar-refractivity contribution in [2.75, 3.05) is 10.6 Å². The summed E-state index contributed by atoms with van der Waals surface area (Å²) in [5, 5.41) is 4.73.